The molecule has 1 aliphatic heterocycles. The number of ketones is 1. The van der Waals surface area contributed by atoms with Crippen LogP contribution < -0.4 is 5.32 Å². The van der Waals surface area contributed by atoms with Gasteiger partial charge in [-0.25, -0.2) is 0 Å². The molecular formula is C21H33N3O4. The first-order chi connectivity index (χ1) is 13.4. The van der Waals surface area contributed by atoms with Crippen LogP contribution in [0, 0.1) is 23.2 Å². The summed E-state index contributed by atoms with van der Waals surface area (Å²) in [6, 6.07) is 0. The molecule has 1 heterocycles. The number of nitrogens with one attached hydrogen (secondary N) is 2. The number of aliphatic hydroxyl groups is 1. The van der Waals surface area contributed by atoms with Gasteiger partial charge >= 0.3 is 0 Å². The van der Waals surface area contributed by atoms with Gasteiger partial charge in [-0.1, -0.05) is 6.42 Å². The van der Waals surface area contributed by atoms with E-state index >= 15 is 0 Å². The number of unbranched alkanes of at least 4 members (excludes halogenated alkanes) is 1. The lowest BCUT2D eigenvalue weighted by molar-refractivity contribution is -0.133. The molecule has 2 unspecified atom stereocenters. The number of carbonyl (C=O) groups is 3. The highest BCUT2D eigenvalue weighted by atomic mass is 16.3. The monoisotopic (exact) mass is 391 g/mol. The molecule has 0 aromatic rings. The molecule has 3 N–H and O–H groups in total. The van der Waals surface area contributed by atoms with Crippen molar-refractivity contribution in [3.05, 3.63) is 12.2 Å². The first kappa shape index (κ1) is 22.3. The summed E-state index contributed by atoms with van der Waals surface area (Å²) in [5.41, 5.74) is 0. The molecule has 0 saturated heterocycles. The predicted molar refractivity (Wildman–Crippen MR) is 107 cm³/mol. The van der Waals surface area contributed by atoms with Crippen molar-refractivity contribution >= 4 is 23.8 Å². The Morgan fingerprint density at radius 3 is 2.61 bits per heavy atom. The van der Waals surface area contributed by atoms with Crippen LogP contribution in [0.2, 0.25) is 0 Å². The number of rotatable bonds is 11. The van der Waals surface area contributed by atoms with E-state index in [0.29, 0.717) is 25.4 Å². The van der Waals surface area contributed by atoms with Crippen molar-refractivity contribution in [2.45, 2.75) is 64.5 Å². The van der Waals surface area contributed by atoms with Gasteiger partial charge in [-0.3, -0.25) is 14.4 Å². The van der Waals surface area contributed by atoms with Crippen LogP contribution in [0.15, 0.2) is 12.2 Å². The molecule has 156 valence electrons. The Balaban J connectivity index is 1.60. The smallest absolute Gasteiger partial charge is 0.248 e. The highest BCUT2D eigenvalue weighted by molar-refractivity contribution is 5.90. The lowest BCUT2D eigenvalue weighted by atomic mass is 9.81. The molecule has 2 aliphatic rings. The molecule has 2 amide bonds. The number of aliphatic hydroxyl groups excluding tert-OH is 1. The number of amides is 2. The third-order valence-electron chi connectivity index (χ3n) is 5.94. The van der Waals surface area contributed by atoms with E-state index in [1.165, 1.54) is 23.3 Å². The Bertz CT molecular complexity index is 596. The fourth-order valence-corrected chi connectivity index (χ4v) is 4.08. The lowest BCUT2D eigenvalue weighted by Crippen LogP contribution is -2.40. The van der Waals surface area contributed by atoms with Gasteiger partial charge in [-0.15, -0.1) is 0 Å². The van der Waals surface area contributed by atoms with Crippen molar-refractivity contribution in [2.24, 2.45) is 17.8 Å². The number of Topliss-reactive ketones (excluding diaryl/α,β-unsaturated/α-hetero) is 1. The standard InChI is InChI=1S/C21H33N3O4/c1-15(25)17(11-12-22)4-2-3-13-23-21(28)18-7-5-16(6-8-18)14-24-19(26)9-10-20(24)27/h9-10,12,16-19,22,26H,2-8,11,13-14H2,1H3,(H,23,28). The summed E-state index contributed by atoms with van der Waals surface area (Å²) in [4.78, 5) is 37.0. The van der Waals surface area contributed by atoms with E-state index in [1.807, 2.05) is 0 Å². The minimum absolute atomic E-state index is 0.0245. The van der Waals surface area contributed by atoms with E-state index in [9.17, 15) is 19.5 Å². The van der Waals surface area contributed by atoms with Crippen LogP contribution in [-0.4, -0.2) is 53.1 Å². The third-order valence-corrected chi connectivity index (χ3v) is 5.94. The molecule has 2 rings (SSSR count). The second-order valence-electron chi connectivity index (χ2n) is 8.02. The number of carbonyl (C=O) groups excluding carboxylic acids is 3. The molecule has 28 heavy (non-hydrogen) atoms. The zero-order chi connectivity index (χ0) is 20.5. The molecular weight excluding hydrogens is 358 g/mol. The number of hydrogen-bond acceptors (Lipinski definition) is 5. The van der Waals surface area contributed by atoms with Gasteiger partial charge in [0.1, 0.15) is 12.0 Å². The van der Waals surface area contributed by atoms with Crippen molar-refractivity contribution in [3.63, 3.8) is 0 Å². The van der Waals surface area contributed by atoms with Crippen molar-refractivity contribution in [2.75, 3.05) is 13.1 Å². The van der Waals surface area contributed by atoms with Crippen molar-refractivity contribution in [1.29, 1.82) is 5.41 Å². The Morgan fingerprint density at radius 2 is 2.04 bits per heavy atom. The van der Waals surface area contributed by atoms with Gasteiger partial charge in [0.05, 0.1) is 0 Å². The molecule has 2 atom stereocenters. The number of nitrogens with zero attached hydrogens (tertiary/aromatic N) is 1. The fraction of sp³-hybridized carbons (Fsp3) is 0.714. The maximum absolute atomic E-state index is 12.4. The molecule has 1 aliphatic carbocycles. The topological polar surface area (TPSA) is 111 Å². The summed E-state index contributed by atoms with van der Waals surface area (Å²) in [5.74, 6) is 0.374. The van der Waals surface area contributed by atoms with Crippen molar-refractivity contribution in [3.8, 4) is 0 Å². The first-order valence-electron chi connectivity index (χ1n) is 10.4. The minimum Gasteiger partial charge on any atom is -0.370 e. The summed E-state index contributed by atoms with van der Waals surface area (Å²) in [7, 11) is 0. The van der Waals surface area contributed by atoms with E-state index in [0.717, 1.165) is 44.9 Å². The van der Waals surface area contributed by atoms with Gasteiger partial charge < -0.3 is 20.7 Å². The number of hydrogen-bond donors (Lipinski definition) is 3. The van der Waals surface area contributed by atoms with Crippen LogP contribution in [0.25, 0.3) is 0 Å². The largest absolute Gasteiger partial charge is 0.370 e. The Labute approximate surface area is 167 Å². The van der Waals surface area contributed by atoms with E-state index in [-0.39, 0.29) is 29.4 Å². The quantitative estimate of drug-likeness (QED) is 0.370. The van der Waals surface area contributed by atoms with Gasteiger partial charge in [0.15, 0.2) is 0 Å². The van der Waals surface area contributed by atoms with Gasteiger partial charge in [-0.2, -0.15) is 0 Å². The Hall–Kier alpha value is -2.02. The SMILES string of the molecule is CC(=O)C(CC=N)CCCCNC(=O)C1CCC(CN2C(=O)C=CC2O)CC1. The summed E-state index contributed by atoms with van der Waals surface area (Å²) in [6.45, 7) is 2.74. The average Bonchev–Trinajstić information content (AvgIpc) is 2.99. The third kappa shape index (κ3) is 6.55. The van der Waals surface area contributed by atoms with Crippen LogP contribution in [0.3, 0.4) is 0 Å². The van der Waals surface area contributed by atoms with Crippen molar-refractivity contribution < 1.29 is 19.5 Å². The highest BCUT2D eigenvalue weighted by Crippen LogP contribution is 2.30. The van der Waals surface area contributed by atoms with Crippen LogP contribution >= 0.6 is 0 Å². The van der Waals surface area contributed by atoms with Gasteiger partial charge in [-0.05, 0) is 70.1 Å². The second kappa shape index (κ2) is 11.1. The van der Waals surface area contributed by atoms with Gasteiger partial charge in [0, 0.05) is 31.0 Å². The molecule has 0 radical (unpaired) electrons. The first-order valence-corrected chi connectivity index (χ1v) is 10.4. The van der Waals surface area contributed by atoms with Crippen molar-refractivity contribution in [1.82, 2.24) is 10.2 Å². The van der Waals surface area contributed by atoms with E-state index < -0.39 is 6.23 Å². The van der Waals surface area contributed by atoms with E-state index in [4.69, 9.17) is 5.41 Å². The van der Waals surface area contributed by atoms with Crippen LogP contribution in [0.5, 0.6) is 0 Å². The van der Waals surface area contributed by atoms with Crippen LogP contribution in [0.1, 0.15) is 58.3 Å². The maximum atomic E-state index is 12.4. The highest BCUT2D eigenvalue weighted by Gasteiger charge is 2.31. The zero-order valence-corrected chi connectivity index (χ0v) is 16.7. The molecule has 0 aromatic carbocycles. The van der Waals surface area contributed by atoms with E-state index in [1.54, 1.807) is 6.92 Å². The molecule has 0 aromatic heterocycles. The van der Waals surface area contributed by atoms with E-state index in [2.05, 4.69) is 5.32 Å². The molecule has 1 fully saturated rings. The van der Waals surface area contributed by atoms with Crippen LogP contribution in [-0.2, 0) is 14.4 Å². The summed E-state index contributed by atoms with van der Waals surface area (Å²) < 4.78 is 0. The van der Waals surface area contributed by atoms with Gasteiger partial charge in [0.2, 0.25) is 11.8 Å². The second-order valence-corrected chi connectivity index (χ2v) is 8.02. The van der Waals surface area contributed by atoms with Crippen LogP contribution in [0.4, 0.5) is 0 Å². The fourth-order valence-electron chi connectivity index (χ4n) is 4.08. The molecule has 1 saturated carbocycles. The predicted octanol–water partition coefficient (Wildman–Crippen LogP) is 2.04. The lowest BCUT2D eigenvalue weighted by Gasteiger charge is -2.31. The average molecular weight is 392 g/mol. The maximum Gasteiger partial charge on any atom is 0.248 e. The van der Waals surface area contributed by atoms with Gasteiger partial charge in [0.25, 0.3) is 0 Å². The Kier molecular flexibility index (Phi) is 8.83. The molecule has 0 spiro atoms. The summed E-state index contributed by atoms with van der Waals surface area (Å²) in [5, 5.41) is 19.9. The Morgan fingerprint density at radius 1 is 1.32 bits per heavy atom. The molecule has 7 nitrogen and oxygen atoms in total. The normalized spacial score (nSPS) is 25.6. The summed E-state index contributed by atoms with van der Waals surface area (Å²) in [6.07, 6.45) is 9.77. The molecule has 7 heteroatoms. The minimum atomic E-state index is -0.810. The molecule has 0 bridgehead atoms. The summed E-state index contributed by atoms with van der Waals surface area (Å²) >= 11 is 0. The zero-order valence-electron chi connectivity index (χ0n) is 16.7.